The molecule has 0 aliphatic rings. The summed E-state index contributed by atoms with van der Waals surface area (Å²) in [6.07, 6.45) is 0. The Morgan fingerprint density at radius 3 is 2.25 bits per heavy atom. The largest absolute Gasteiger partial charge is 0.494 e. The molecule has 0 radical (unpaired) electrons. The maximum absolute atomic E-state index is 13.0. The standard InChI is InChI=1S/C21H24N4O6S/c1-4-31-13-18-22-23-20(25(18)19-16(29-2)11-8-12-17(19)30-3)21(26)24-32(27,28)14-15-9-6-5-7-10-15/h5-12H,4,13-14H2,1-3H3,(H,24,26). The highest BCUT2D eigenvalue weighted by molar-refractivity contribution is 7.89. The minimum absolute atomic E-state index is 0.0365. The fraction of sp³-hybridized carbons (Fsp3) is 0.286. The molecule has 1 aromatic heterocycles. The number of nitrogens with one attached hydrogen (secondary N) is 1. The molecular weight excluding hydrogens is 436 g/mol. The Bertz CT molecular complexity index is 1160. The first kappa shape index (κ1) is 23.2. The summed E-state index contributed by atoms with van der Waals surface area (Å²) in [5.74, 6) is -0.521. The third-order valence-electron chi connectivity index (χ3n) is 4.44. The third-order valence-corrected chi connectivity index (χ3v) is 5.65. The SMILES string of the molecule is CCOCc1nnc(C(=O)NS(=O)(=O)Cc2ccccc2)n1-c1c(OC)cccc1OC. The predicted octanol–water partition coefficient (Wildman–Crippen LogP) is 2.08. The maximum atomic E-state index is 13.0. The molecule has 11 heteroatoms. The molecule has 1 N–H and O–H groups in total. The van der Waals surface area contributed by atoms with Gasteiger partial charge in [0, 0.05) is 6.61 Å². The smallest absolute Gasteiger partial charge is 0.303 e. The van der Waals surface area contributed by atoms with Crippen molar-refractivity contribution in [2.75, 3.05) is 20.8 Å². The number of nitrogens with zero attached hydrogens (tertiary/aromatic N) is 3. The summed E-state index contributed by atoms with van der Waals surface area (Å²) in [6.45, 7) is 2.26. The van der Waals surface area contributed by atoms with Crippen LogP contribution in [-0.2, 0) is 27.1 Å². The molecule has 170 valence electrons. The summed E-state index contributed by atoms with van der Waals surface area (Å²) < 4.78 is 44.9. The van der Waals surface area contributed by atoms with Crippen LogP contribution in [-0.4, -0.2) is 49.9 Å². The molecule has 0 atom stereocenters. The number of benzene rings is 2. The van der Waals surface area contributed by atoms with Crippen molar-refractivity contribution >= 4 is 15.9 Å². The lowest BCUT2D eigenvalue weighted by Crippen LogP contribution is -2.33. The van der Waals surface area contributed by atoms with Crippen LogP contribution in [0.15, 0.2) is 48.5 Å². The van der Waals surface area contributed by atoms with Crippen molar-refractivity contribution in [3.05, 3.63) is 65.7 Å². The van der Waals surface area contributed by atoms with Crippen LogP contribution in [0.5, 0.6) is 11.5 Å². The molecule has 0 fully saturated rings. The van der Waals surface area contributed by atoms with Gasteiger partial charge in [0.1, 0.15) is 23.8 Å². The second kappa shape index (κ2) is 10.2. The predicted molar refractivity (Wildman–Crippen MR) is 116 cm³/mol. The molecule has 0 saturated heterocycles. The van der Waals surface area contributed by atoms with Gasteiger partial charge in [-0.1, -0.05) is 36.4 Å². The highest BCUT2D eigenvalue weighted by atomic mass is 32.2. The highest BCUT2D eigenvalue weighted by Crippen LogP contribution is 2.34. The van der Waals surface area contributed by atoms with E-state index < -0.39 is 15.9 Å². The van der Waals surface area contributed by atoms with Crippen molar-refractivity contribution in [3.63, 3.8) is 0 Å². The van der Waals surface area contributed by atoms with Crippen LogP contribution < -0.4 is 14.2 Å². The van der Waals surface area contributed by atoms with Crippen molar-refractivity contribution in [2.24, 2.45) is 0 Å². The molecular formula is C21H24N4O6S. The Kier molecular flexibility index (Phi) is 7.44. The average molecular weight is 461 g/mol. The van der Waals surface area contributed by atoms with E-state index in [0.29, 0.717) is 29.4 Å². The maximum Gasteiger partial charge on any atom is 0.303 e. The molecule has 32 heavy (non-hydrogen) atoms. The number of aromatic nitrogens is 3. The van der Waals surface area contributed by atoms with Crippen LogP contribution in [0.4, 0.5) is 0 Å². The average Bonchev–Trinajstić information content (AvgIpc) is 3.20. The van der Waals surface area contributed by atoms with Gasteiger partial charge >= 0.3 is 5.91 Å². The monoisotopic (exact) mass is 460 g/mol. The first-order valence-electron chi connectivity index (χ1n) is 9.72. The van der Waals surface area contributed by atoms with Crippen LogP contribution in [0.3, 0.4) is 0 Å². The van der Waals surface area contributed by atoms with Crippen molar-refractivity contribution < 1.29 is 27.4 Å². The van der Waals surface area contributed by atoms with Crippen molar-refractivity contribution in [2.45, 2.75) is 19.3 Å². The van der Waals surface area contributed by atoms with E-state index >= 15 is 0 Å². The summed E-state index contributed by atoms with van der Waals surface area (Å²) in [7, 11) is -1.06. The molecule has 3 rings (SSSR count). The first-order chi connectivity index (χ1) is 15.4. The molecule has 1 amide bonds. The van der Waals surface area contributed by atoms with Gasteiger partial charge in [-0.25, -0.2) is 13.1 Å². The van der Waals surface area contributed by atoms with Crippen LogP contribution >= 0.6 is 0 Å². The number of ether oxygens (including phenoxy) is 3. The summed E-state index contributed by atoms with van der Waals surface area (Å²) in [5.41, 5.74) is 0.889. The first-order valence-corrected chi connectivity index (χ1v) is 11.4. The molecule has 0 spiro atoms. The van der Waals surface area contributed by atoms with Gasteiger partial charge in [-0.15, -0.1) is 10.2 Å². The molecule has 0 aliphatic heterocycles. The van der Waals surface area contributed by atoms with E-state index in [-0.39, 0.29) is 24.0 Å². The van der Waals surface area contributed by atoms with E-state index in [1.165, 1.54) is 18.8 Å². The molecule has 0 saturated carbocycles. The van der Waals surface area contributed by atoms with E-state index in [2.05, 4.69) is 14.9 Å². The number of amides is 1. The zero-order valence-corrected chi connectivity index (χ0v) is 18.8. The van der Waals surface area contributed by atoms with Gasteiger partial charge in [0.05, 0.1) is 20.0 Å². The molecule has 0 unspecified atom stereocenters. The number of rotatable bonds is 10. The van der Waals surface area contributed by atoms with Crippen molar-refractivity contribution in [1.29, 1.82) is 0 Å². The molecule has 1 heterocycles. The normalized spacial score (nSPS) is 11.2. The van der Waals surface area contributed by atoms with Crippen molar-refractivity contribution in [3.8, 4) is 17.2 Å². The van der Waals surface area contributed by atoms with Crippen LogP contribution in [0, 0.1) is 0 Å². The topological polar surface area (TPSA) is 122 Å². The van der Waals surface area contributed by atoms with E-state index in [0.717, 1.165) is 0 Å². The molecule has 10 nitrogen and oxygen atoms in total. The third kappa shape index (κ3) is 5.24. The summed E-state index contributed by atoms with van der Waals surface area (Å²) >= 11 is 0. The molecule has 0 bridgehead atoms. The van der Waals surface area contributed by atoms with Gasteiger partial charge in [-0.2, -0.15) is 0 Å². The van der Waals surface area contributed by atoms with Gasteiger partial charge in [-0.05, 0) is 24.6 Å². The number of hydrogen-bond acceptors (Lipinski definition) is 8. The number of carbonyl (C=O) groups excluding carboxylic acids is 1. The van der Waals surface area contributed by atoms with Gasteiger partial charge in [-0.3, -0.25) is 9.36 Å². The van der Waals surface area contributed by atoms with Gasteiger partial charge in [0.2, 0.25) is 15.8 Å². The second-order valence-electron chi connectivity index (χ2n) is 6.60. The Labute approximate surface area is 186 Å². The van der Waals surface area contributed by atoms with Crippen LogP contribution in [0.1, 0.15) is 28.9 Å². The lowest BCUT2D eigenvalue weighted by molar-refractivity contribution is 0.0967. The minimum Gasteiger partial charge on any atom is -0.494 e. The summed E-state index contributed by atoms with van der Waals surface area (Å²) in [6, 6.07) is 13.6. The second-order valence-corrected chi connectivity index (χ2v) is 8.32. The van der Waals surface area contributed by atoms with Gasteiger partial charge in [0.15, 0.2) is 5.82 Å². The van der Waals surface area contributed by atoms with Crippen LogP contribution in [0.25, 0.3) is 5.69 Å². The van der Waals surface area contributed by atoms with Gasteiger partial charge < -0.3 is 14.2 Å². The molecule has 2 aromatic carbocycles. The summed E-state index contributed by atoms with van der Waals surface area (Å²) in [4.78, 5) is 13.0. The molecule has 3 aromatic rings. The quantitative estimate of drug-likeness (QED) is 0.488. The number of carbonyl (C=O) groups is 1. The number of sulfonamides is 1. The zero-order chi connectivity index (χ0) is 23.1. The lowest BCUT2D eigenvalue weighted by Gasteiger charge is -2.17. The number of methoxy groups -OCH3 is 2. The van der Waals surface area contributed by atoms with E-state index in [1.807, 2.05) is 6.92 Å². The highest BCUT2D eigenvalue weighted by Gasteiger charge is 2.27. The summed E-state index contributed by atoms with van der Waals surface area (Å²) in [5, 5.41) is 7.97. The van der Waals surface area contributed by atoms with E-state index in [4.69, 9.17) is 14.2 Å². The van der Waals surface area contributed by atoms with Gasteiger partial charge in [0.25, 0.3) is 0 Å². The Hall–Kier alpha value is -3.44. The Morgan fingerprint density at radius 2 is 1.66 bits per heavy atom. The fourth-order valence-corrected chi connectivity index (χ4v) is 4.13. The number of para-hydroxylation sites is 1. The fourth-order valence-electron chi connectivity index (χ4n) is 3.05. The molecule has 0 aliphatic carbocycles. The Morgan fingerprint density at radius 1 is 1.00 bits per heavy atom. The number of hydrogen-bond donors (Lipinski definition) is 1. The van der Waals surface area contributed by atoms with Crippen LogP contribution in [0.2, 0.25) is 0 Å². The lowest BCUT2D eigenvalue weighted by atomic mass is 10.2. The minimum atomic E-state index is -3.99. The van der Waals surface area contributed by atoms with E-state index in [1.54, 1.807) is 48.5 Å². The van der Waals surface area contributed by atoms with Crippen molar-refractivity contribution in [1.82, 2.24) is 19.5 Å². The van der Waals surface area contributed by atoms with E-state index in [9.17, 15) is 13.2 Å². The Balaban J connectivity index is 2.03. The zero-order valence-electron chi connectivity index (χ0n) is 17.9.